The minimum Gasteiger partial charge on any atom is -0.330 e. The maximum Gasteiger partial charge on any atom is 0.126 e. The molecule has 1 aromatic carbocycles. The van der Waals surface area contributed by atoms with Crippen molar-refractivity contribution in [3.63, 3.8) is 0 Å². The molecule has 4 N–H and O–H groups in total. The highest BCUT2D eigenvalue weighted by Gasteiger charge is 2.08. The summed E-state index contributed by atoms with van der Waals surface area (Å²) in [6.07, 6.45) is 1.57. The molecule has 2 nitrogen and oxygen atoms in total. The van der Waals surface area contributed by atoms with Crippen LogP contribution in [0.3, 0.4) is 0 Å². The highest BCUT2D eigenvalue weighted by atomic mass is 19.1. The van der Waals surface area contributed by atoms with Crippen LogP contribution in [-0.2, 0) is 6.42 Å². The van der Waals surface area contributed by atoms with Crippen molar-refractivity contribution in [3.05, 3.63) is 34.6 Å². The quantitative estimate of drug-likeness (QED) is 0.802. The van der Waals surface area contributed by atoms with Gasteiger partial charge in [0.25, 0.3) is 0 Å². The van der Waals surface area contributed by atoms with Crippen LogP contribution in [0.2, 0.25) is 0 Å². The molecule has 0 amide bonds. The van der Waals surface area contributed by atoms with E-state index in [1.165, 1.54) is 0 Å². The van der Waals surface area contributed by atoms with E-state index in [1.54, 1.807) is 6.07 Å². The molecule has 16 heavy (non-hydrogen) atoms. The lowest BCUT2D eigenvalue weighted by atomic mass is 9.97. The number of nitrogens with two attached hydrogens (primary N) is 2. The van der Waals surface area contributed by atoms with E-state index >= 15 is 0 Å². The third-order valence-corrected chi connectivity index (χ3v) is 3.15. The van der Waals surface area contributed by atoms with Crippen molar-refractivity contribution in [3.8, 4) is 0 Å². The first-order valence-electron chi connectivity index (χ1n) is 5.74. The second-order valence-corrected chi connectivity index (χ2v) is 4.40. The largest absolute Gasteiger partial charge is 0.330 e. The zero-order valence-corrected chi connectivity index (χ0v) is 10.1. The standard InChI is InChI=1S/C13H21FN2/c1-9-5-12(13(14)6-10(9)2)4-3-11(7-15)8-16/h5-6,11H,3-4,7-8,15-16H2,1-2H3. The molecular weight excluding hydrogens is 203 g/mol. The van der Waals surface area contributed by atoms with Gasteiger partial charge in [0.05, 0.1) is 0 Å². The molecule has 0 spiro atoms. The number of benzene rings is 1. The van der Waals surface area contributed by atoms with Crippen LogP contribution in [0.4, 0.5) is 4.39 Å². The normalized spacial score (nSPS) is 11.1. The fourth-order valence-corrected chi connectivity index (χ4v) is 1.72. The third kappa shape index (κ3) is 3.29. The lowest BCUT2D eigenvalue weighted by Crippen LogP contribution is -2.23. The zero-order valence-electron chi connectivity index (χ0n) is 10.1. The highest BCUT2D eigenvalue weighted by Crippen LogP contribution is 2.17. The van der Waals surface area contributed by atoms with Gasteiger partial charge in [0.2, 0.25) is 0 Å². The van der Waals surface area contributed by atoms with Crippen molar-refractivity contribution in [2.45, 2.75) is 26.7 Å². The van der Waals surface area contributed by atoms with Crippen molar-refractivity contribution >= 4 is 0 Å². The Labute approximate surface area is 96.8 Å². The maximum absolute atomic E-state index is 13.6. The summed E-state index contributed by atoms with van der Waals surface area (Å²) in [6.45, 7) is 5.07. The summed E-state index contributed by atoms with van der Waals surface area (Å²) in [5.41, 5.74) is 14.0. The van der Waals surface area contributed by atoms with E-state index in [0.29, 0.717) is 25.4 Å². The topological polar surface area (TPSA) is 52.0 Å². The SMILES string of the molecule is Cc1cc(F)c(CCC(CN)CN)cc1C. The third-order valence-electron chi connectivity index (χ3n) is 3.15. The second-order valence-electron chi connectivity index (χ2n) is 4.40. The molecule has 1 rings (SSSR count). The first kappa shape index (κ1) is 13.1. The molecule has 0 heterocycles. The average Bonchev–Trinajstić information content (AvgIpc) is 2.26. The van der Waals surface area contributed by atoms with Gasteiger partial charge in [-0.1, -0.05) is 6.07 Å². The Kier molecular flexibility index (Phi) is 4.90. The van der Waals surface area contributed by atoms with Gasteiger partial charge >= 0.3 is 0 Å². The van der Waals surface area contributed by atoms with E-state index in [1.807, 2.05) is 19.9 Å². The number of rotatable bonds is 5. The Morgan fingerprint density at radius 1 is 1.12 bits per heavy atom. The van der Waals surface area contributed by atoms with Crippen LogP contribution in [0.15, 0.2) is 12.1 Å². The molecular formula is C13H21FN2. The lowest BCUT2D eigenvalue weighted by molar-refractivity contribution is 0.498. The van der Waals surface area contributed by atoms with Gasteiger partial charge in [-0.15, -0.1) is 0 Å². The van der Waals surface area contributed by atoms with E-state index < -0.39 is 0 Å². The Hall–Kier alpha value is -0.930. The fourth-order valence-electron chi connectivity index (χ4n) is 1.72. The minimum absolute atomic E-state index is 0.115. The van der Waals surface area contributed by atoms with Gasteiger partial charge in [-0.3, -0.25) is 0 Å². The summed E-state index contributed by atoms with van der Waals surface area (Å²) in [7, 11) is 0. The van der Waals surface area contributed by atoms with Gasteiger partial charge in [-0.05, 0) is 68.5 Å². The fraction of sp³-hybridized carbons (Fsp3) is 0.538. The molecule has 0 aromatic heterocycles. The van der Waals surface area contributed by atoms with E-state index in [0.717, 1.165) is 23.1 Å². The molecule has 0 unspecified atom stereocenters. The van der Waals surface area contributed by atoms with Gasteiger partial charge < -0.3 is 11.5 Å². The summed E-state index contributed by atoms with van der Waals surface area (Å²) in [5, 5.41) is 0. The van der Waals surface area contributed by atoms with Crippen molar-refractivity contribution in [1.82, 2.24) is 0 Å². The number of aryl methyl sites for hydroxylation is 3. The van der Waals surface area contributed by atoms with Crippen molar-refractivity contribution in [2.75, 3.05) is 13.1 Å². The summed E-state index contributed by atoms with van der Waals surface area (Å²) in [6, 6.07) is 3.53. The van der Waals surface area contributed by atoms with Crippen LogP contribution >= 0.6 is 0 Å². The summed E-state index contributed by atoms with van der Waals surface area (Å²) in [5.74, 6) is 0.178. The predicted molar refractivity (Wildman–Crippen MR) is 65.8 cm³/mol. The number of hydrogen-bond donors (Lipinski definition) is 2. The van der Waals surface area contributed by atoms with Gasteiger partial charge in [0, 0.05) is 0 Å². The zero-order chi connectivity index (χ0) is 12.1. The van der Waals surface area contributed by atoms with Gasteiger partial charge in [-0.25, -0.2) is 4.39 Å². The molecule has 0 bridgehead atoms. The molecule has 90 valence electrons. The molecule has 0 aliphatic carbocycles. The maximum atomic E-state index is 13.6. The Morgan fingerprint density at radius 3 is 2.25 bits per heavy atom. The van der Waals surface area contributed by atoms with E-state index in [9.17, 15) is 4.39 Å². The first-order valence-corrected chi connectivity index (χ1v) is 5.74. The highest BCUT2D eigenvalue weighted by molar-refractivity contribution is 5.31. The van der Waals surface area contributed by atoms with Crippen LogP contribution in [-0.4, -0.2) is 13.1 Å². The van der Waals surface area contributed by atoms with Crippen LogP contribution in [0.1, 0.15) is 23.1 Å². The van der Waals surface area contributed by atoms with Gasteiger partial charge in [-0.2, -0.15) is 0 Å². The van der Waals surface area contributed by atoms with Crippen molar-refractivity contribution in [1.29, 1.82) is 0 Å². The number of halogens is 1. The van der Waals surface area contributed by atoms with E-state index in [-0.39, 0.29) is 5.82 Å². The monoisotopic (exact) mass is 224 g/mol. The minimum atomic E-state index is -0.115. The number of hydrogen-bond acceptors (Lipinski definition) is 2. The molecule has 3 heteroatoms. The molecule has 0 aliphatic heterocycles. The predicted octanol–water partition coefficient (Wildman–Crippen LogP) is 1.91. The second kappa shape index (κ2) is 5.97. The van der Waals surface area contributed by atoms with Gasteiger partial charge in [0.15, 0.2) is 0 Å². The van der Waals surface area contributed by atoms with Crippen LogP contribution in [0.25, 0.3) is 0 Å². The van der Waals surface area contributed by atoms with Gasteiger partial charge in [0.1, 0.15) is 5.82 Å². The molecule has 0 atom stereocenters. The van der Waals surface area contributed by atoms with Crippen LogP contribution in [0.5, 0.6) is 0 Å². The van der Waals surface area contributed by atoms with Crippen LogP contribution in [0, 0.1) is 25.6 Å². The lowest BCUT2D eigenvalue weighted by Gasteiger charge is -2.13. The smallest absolute Gasteiger partial charge is 0.126 e. The van der Waals surface area contributed by atoms with Crippen molar-refractivity contribution < 1.29 is 4.39 Å². The van der Waals surface area contributed by atoms with Crippen LogP contribution < -0.4 is 11.5 Å². The van der Waals surface area contributed by atoms with Crippen molar-refractivity contribution in [2.24, 2.45) is 17.4 Å². The molecule has 0 radical (unpaired) electrons. The molecule has 0 fully saturated rings. The van der Waals surface area contributed by atoms with E-state index in [2.05, 4.69) is 0 Å². The summed E-state index contributed by atoms with van der Waals surface area (Å²) < 4.78 is 13.6. The molecule has 0 aliphatic rings. The molecule has 1 aromatic rings. The first-order chi connectivity index (χ1) is 7.58. The average molecular weight is 224 g/mol. The Morgan fingerprint density at radius 2 is 1.69 bits per heavy atom. The summed E-state index contributed by atoms with van der Waals surface area (Å²) in [4.78, 5) is 0. The molecule has 0 saturated carbocycles. The Bertz CT molecular complexity index is 346. The Balaban J connectivity index is 2.70. The van der Waals surface area contributed by atoms with E-state index in [4.69, 9.17) is 11.5 Å². The molecule has 0 saturated heterocycles. The summed E-state index contributed by atoms with van der Waals surface area (Å²) >= 11 is 0.